The van der Waals surface area contributed by atoms with Gasteiger partial charge >= 0.3 is 0 Å². The molecule has 0 atom stereocenters. The molecule has 3 heteroatoms. The van der Waals surface area contributed by atoms with E-state index in [9.17, 15) is 0 Å². The molecule has 0 aliphatic rings. The van der Waals surface area contributed by atoms with E-state index in [1.54, 1.807) is 7.11 Å². The molecule has 0 aliphatic heterocycles. The van der Waals surface area contributed by atoms with Crippen LogP contribution in [0, 0.1) is 0 Å². The van der Waals surface area contributed by atoms with Gasteiger partial charge in [-0.05, 0) is 29.3 Å². The van der Waals surface area contributed by atoms with Gasteiger partial charge in [0.05, 0.1) is 7.11 Å². The number of ether oxygens (including phenoxy) is 2. The van der Waals surface area contributed by atoms with Crippen LogP contribution in [0.1, 0.15) is 11.1 Å². The number of hydrogen-bond donors (Lipinski definition) is 1. The second-order valence-electron chi connectivity index (χ2n) is 4.31. The molecule has 3 nitrogen and oxygen atoms in total. The Labute approximate surface area is 119 Å². The van der Waals surface area contributed by atoms with Crippen molar-refractivity contribution >= 4 is 6.08 Å². The summed E-state index contributed by atoms with van der Waals surface area (Å²) >= 11 is 0. The first-order valence-corrected chi connectivity index (χ1v) is 6.55. The zero-order valence-electron chi connectivity index (χ0n) is 11.6. The van der Waals surface area contributed by atoms with Crippen LogP contribution in [0.3, 0.4) is 0 Å². The molecule has 0 heterocycles. The molecule has 0 saturated heterocycles. The fourth-order valence-corrected chi connectivity index (χ4v) is 1.84. The van der Waals surface area contributed by atoms with Crippen molar-refractivity contribution in [2.24, 2.45) is 5.73 Å². The van der Waals surface area contributed by atoms with Crippen molar-refractivity contribution in [3.05, 3.63) is 65.7 Å². The first-order chi connectivity index (χ1) is 9.83. The van der Waals surface area contributed by atoms with Gasteiger partial charge in [0.1, 0.15) is 6.61 Å². The quantitative estimate of drug-likeness (QED) is 0.875. The molecule has 0 radical (unpaired) electrons. The van der Waals surface area contributed by atoms with Crippen molar-refractivity contribution in [3.8, 4) is 11.5 Å². The molecule has 0 aromatic heterocycles. The number of nitrogens with two attached hydrogens (primary N) is 1. The van der Waals surface area contributed by atoms with Crippen LogP contribution in [-0.2, 0) is 6.54 Å². The SMILES string of the molecule is COc1cc(CN)ccc1OC/C=C/c1ccccc1. The fraction of sp³-hybridized carbons (Fsp3) is 0.176. The largest absolute Gasteiger partial charge is 0.493 e. The summed E-state index contributed by atoms with van der Waals surface area (Å²) in [5.74, 6) is 1.43. The standard InChI is InChI=1S/C17H19NO2/c1-19-17-12-15(13-18)9-10-16(17)20-11-5-8-14-6-3-2-4-7-14/h2-10,12H,11,13,18H2,1H3/b8-5+. The minimum atomic E-state index is 0.491. The molecule has 0 fully saturated rings. The molecular formula is C17H19NO2. The number of methoxy groups -OCH3 is 1. The highest BCUT2D eigenvalue weighted by Gasteiger charge is 2.04. The summed E-state index contributed by atoms with van der Waals surface area (Å²) in [6, 6.07) is 15.8. The summed E-state index contributed by atoms with van der Waals surface area (Å²) in [7, 11) is 1.63. The lowest BCUT2D eigenvalue weighted by atomic mass is 10.2. The average Bonchev–Trinajstić information content (AvgIpc) is 2.52. The molecule has 0 unspecified atom stereocenters. The van der Waals surface area contributed by atoms with Crippen LogP contribution in [-0.4, -0.2) is 13.7 Å². The van der Waals surface area contributed by atoms with E-state index in [-0.39, 0.29) is 0 Å². The number of rotatable bonds is 6. The predicted molar refractivity (Wildman–Crippen MR) is 81.9 cm³/mol. The molecule has 20 heavy (non-hydrogen) atoms. The van der Waals surface area contributed by atoms with E-state index in [0.717, 1.165) is 16.9 Å². The van der Waals surface area contributed by atoms with Gasteiger partial charge in [-0.25, -0.2) is 0 Å². The minimum Gasteiger partial charge on any atom is -0.493 e. The lowest BCUT2D eigenvalue weighted by Gasteiger charge is -2.10. The van der Waals surface area contributed by atoms with Gasteiger partial charge in [0.2, 0.25) is 0 Å². The van der Waals surface area contributed by atoms with Gasteiger partial charge in [-0.1, -0.05) is 42.5 Å². The monoisotopic (exact) mass is 269 g/mol. The molecule has 0 spiro atoms. The highest BCUT2D eigenvalue weighted by Crippen LogP contribution is 2.27. The Bertz CT molecular complexity index is 564. The highest BCUT2D eigenvalue weighted by molar-refractivity contribution is 5.49. The summed E-state index contributed by atoms with van der Waals surface area (Å²) in [6.07, 6.45) is 4.01. The molecule has 2 rings (SSSR count). The second kappa shape index (κ2) is 7.36. The van der Waals surface area contributed by atoms with Gasteiger partial charge in [-0.3, -0.25) is 0 Å². The van der Waals surface area contributed by atoms with E-state index in [4.69, 9.17) is 15.2 Å². The maximum absolute atomic E-state index is 5.70. The Morgan fingerprint density at radius 3 is 2.55 bits per heavy atom. The third kappa shape index (κ3) is 3.87. The molecule has 2 aromatic rings. The van der Waals surface area contributed by atoms with Crippen LogP contribution in [0.25, 0.3) is 6.08 Å². The summed E-state index contributed by atoms with van der Waals surface area (Å²) in [6.45, 7) is 0.984. The highest BCUT2D eigenvalue weighted by atomic mass is 16.5. The van der Waals surface area contributed by atoms with Crippen LogP contribution in [0.4, 0.5) is 0 Å². The normalized spacial score (nSPS) is 10.7. The van der Waals surface area contributed by atoms with Gasteiger partial charge in [-0.15, -0.1) is 0 Å². The van der Waals surface area contributed by atoms with E-state index in [1.165, 1.54) is 0 Å². The first kappa shape index (κ1) is 14.2. The van der Waals surface area contributed by atoms with E-state index in [2.05, 4.69) is 0 Å². The number of benzene rings is 2. The molecule has 0 bridgehead atoms. The Morgan fingerprint density at radius 2 is 1.85 bits per heavy atom. The lowest BCUT2D eigenvalue weighted by Crippen LogP contribution is -2.00. The van der Waals surface area contributed by atoms with Crippen molar-refractivity contribution in [1.29, 1.82) is 0 Å². The topological polar surface area (TPSA) is 44.5 Å². The lowest BCUT2D eigenvalue weighted by molar-refractivity contribution is 0.326. The van der Waals surface area contributed by atoms with E-state index in [0.29, 0.717) is 18.9 Å². The van der Waals surface area contributed by atoms with Crippen LogP contribution >= 0.6 is 0 Å². The van der Waals surface area contributed by atoms with Crippen molar-refractivity contribution in [3.63, 3.8) is 0 Å². The van der Waals surface area contributed by atoms with Crippen LogP contribution in [0.15, 0.2) is 54.6 Å². The molecule has 0 saturated carbocycles. The smallest absolute Gasteiger partial charge is 0.161 e. The van der Waals surface area contributed by atoms with Gasteiger partial charge in [0.25, 0.3) is 0 Å². The zero-order valence-corrected chi connectivity index (χ0v) is 11.6. The zero-order chi connectivity index (χ0) is 14.2. The first-order valence-electron chi connectivity index (χ1n) is 6.55. The molecule has 0 aliphatic carbocycles. The molecule has 2 aromatic carbocycles. The summed E-state index contributed by atoms with van der Waals surface area (Å²) in [4.78, 5) is 0. The molecule has 0 amide bonds. The van der Waals surface area contributed by atoms with Gasteiger partial charge in [-0.2, -0.15) is 0 Å². The summed E-state index contributed by atoms with van der Waals surface area (Å²) < 4.78 is 11.0. The minimum absolute atomic E-state index is 0.491. The van der Waals surface area contributed by atoms with Crippen molar-refractivity contribution in [1.82, 2.24) is 0 Å². The van der Waals surface area contributed by atoms with E-state index in [1.807, 2.05) is 60.7 Å². The van der Waals surface area contributed by atoms with Crippen LogP contribution in [0.2, 0.25) is 0 Å². The van der Waals surface area contributed by atoms with E-state index >= 15 is 0 Å². The summed E-state index contributed by atoms with van der Waals surface area (Å²) in [5, 5.41) is 0. The Kier molecular flexibility index (Phi) is 5.21. The Morgan fingerprint density at radius 1 is 1.05 bits per heavy atom. The predicted octanol–water partition coefficient (Wildman–Crippen LogP) is 3.25. The van der Waals surface area contributed by atoms with Crippen LogP contribution < -0.4 is 15.2 Å². The van der Waals surface area contributed by atoms with Gasteiger partial charge in [0, 0.05) is 6.54 Å². The second-order valence-corrected chi connectivity index (χ2v) is 4.31. The molecule has 2 N–H and O–H groups in total. The average molecular weight is 269 g/mol. The van der Waals surface area contributed by atoms with Crippen molar-refractivity contribution in [2.45, 2.75) is 6.54 Å². The third-order valence-electron chi connectivity index (χ3n) is 2.91. The Hall–Kier alpha value is -2.26. The van der Waals surface area contributed by atoms with Gasteiger partial charge < -0.3 is 15.2 Å². The van der Waals surface area contributed by atoms with Gasteiger partial charge in [0.15, 0.2) is 11.5 Å². The number of hydrogen-bond acceptors (Lipinski definition) is 3. The molecule has 104 valence electrons. The maximum atomic E-state index is 5.70. The van der Waals surface area contributed by atoms with E-state index < -0.39 is 0 Å². The summed E-state index contributed by atoms with van der Waals surface area (Å²) in [5.41, 5.74) is 7.78. The maximum Gasteiger partial charge on any atom is 0.161 e. The third-order valence-corrected chi connectivity index (χ3v) is 2.91. The van der Waals surface area contributed by atoms with Crippen molar-refractivity contribution < 1.29 is 9.47 Å². The van der Waals surface area contributed by atoms with Crippen molar-refractivity contribution in [2.75, 3.05) is 13.7 Å². The Balaban J connectivity index is 1.95. The molecular weight excluding hydrogens is 250 g/mol. The van der Waals surface area contributed by atoms with Crippen LogP contribution in [0.5, 0.6) is 11.5 Å². The fourth-order valence-electron chi connectivity index (χ4n) is 1.84.